The number of rotatable bonds is 33. The number of ether oxygens (including phenoxy) is 1. The fraction of sp³-hybridized carbons (Fsp3) is 0.600. The van der Waals surface area contributed by atoms with Crippen LogP contribution >= 0.6 is 11.8 Å². The molecule has 6 N–H and O–H groups in total. The molecule has 3 aromatic rings. The van der Waals surface area contributed by atoms with Crippen molar-refractivity contribution in [1.29, 1.82) is 5.26 Å². The number of nitrogens with zero attached hydrogens (tertiary/aromatic N) is 10. The quantitative estimate of drug-likeness (QED) is 0.0374. The number of carbonyl (C=O) groups is 10. The van der Waals surface area contributed by atoms with Gasteiger partial charge in [-0.15, -0.1) is 11.8 Å². The number of thioether (sulfide) groups is 1. The Bertz CT molecular complexity index is 3160. The number of piperazine rings is 1. The van der Waals surface area contributed by atoms with Gasteiger partial charge < -0.3 is 45.8 Å². The molecule has 4 fully saturated rings. The number of imide groups is 1. The van der Waals surface area contributed by atoms with Gasteiger partial charge in [-0.25, -0.2) is 8.78 Å². The highest BCUT2D eigenvalue weighted by Gasteiger charge is 2.47. The van der Waals surface area contributed by atoms with Crippen molar-refractivity contribution in [1.82, 2.24) is 60.1 Å². The molecule has 7 amide bonds. The number of hydrogen-bond acceptors (Lipinski definition) is 19. The average Bonchev–Trinajstić information content (AvgIpc) is 1.58. The Kier molecular flexibility index (Phi) is 29.3. The molecule has 1 aromatic heterocycles. The van der Waals surface area contributed by atoms with Gasteiger partial charge in [0.15, 0.2) is 0 Å². The number of aromatic nitrogens is 1. The molecule has 1 unspecified atom stereocenters. The first kappa shape index (κ1) is 74.4. The van der Waals surface area contributed by atoms with Crippen LogP contribution in [-0.4, -0.2) is 292 Å². The Morgan fingerprint density at radius 2 is 1.33 bits per heavy atom. The number of fused-ring (bicyclic) bond motifs is 1. The van der Waals surface area contributed by atoms with Crippen LogP contribution in [0.4, 0.5) is 8.78 Å². The minimum Gasteiger partial charge on any atom is -0.494 e. The van der Waals surface area contributed by atoms with Gasteiger partial charge in [-0.1, -0.05) is 42.7 Å². The average molecular weight is 1350 g/mol. The maximum absolute atomic E-state index is 14.1. The van der Waals surface area contributed by atoms with Crippen LogP contribution in [0.3, 0.4) is 0 Å². The molecule has 4 saturated heterocycles. The first-order valence-corrected chi connectivity index (χ1v) is 33.5. The number of benzene rings is 2. The second-order valence-electron chi connectivity index (χ2n) is 24.6. The van der Waals surface area contributed by atoms with Crippen LogP contribution in [0, 0.1) is 18.3 Å². The van der Waals surface area contributed by atoms with Crippen LogP contribution < -0.4 is 20.7 Å². The Hall–Kier alpha value is -7.95. The number of aryl methyl sites for hydroxylation is 2. The molecule has 4 aliphatic rings. The molecule has 0 spiro atoms. The minimum atomic E-state index is -3.19. The Labute approximate surface area is 555 Å². The summed E-state index contributed by atoms with van der Waals surface area (Å²) in [7, 11) is 0. The van der Waals surface area contributed by atoms with Gasteiger partial charge in [0.05, 0.1) is 68.3 Å². The molecule has 5 heterocycles. The smallest absolute Gasteiger partial charge is 0.317 e. The summed E-state index contributed by atoms with van der Waals surface area (Å²) in [6.07, 6.45) is 6.53. The first-order valence-electron chi connectivity index (χ1n) is 32.5. The van der Waals surface area contributed by atoms with Crippen molar-refractivity contribution in [3.8, 4) is 11.8 Å². The highest BCUT2D eigenvalue weighted by Crippen LogP contribution is 2.33. The zero-order valence-corrected chi connectivity index (χ0v) is 54.8. The Balaban J connectivity index is 0.868. The maximum atomic E-state index is 14.1. The summed E-state index contributed by atoms with van der Waals surface area (Å²) in [6, 6.07) is 15.2. The van der Waals surface area contributed by atoms with Gasteiger partial charge in [0.1, 0.15) is 18.3 Å². The Morgan fingerprint density at radius 3 is 1.95 bits per heavy atom. The van der Waals surface area contributed by atoms with Crippen molar-refractivity contribution in [2.45, 2.75) is 100 Å². The highest BCUT2D eigenvalue weighted by molar-refractivity contribution is 8.01. The van der Waals surface area contributed by atoms with Crippen molar-refractivity contribution in [3.05, 3.63) is 71.4 Å². The number of nitrogens with one attached hydrogen (secondary N) is 3. The van der Waals surface area contributed by atoms with E-state index in [1.807, 2.05) is 11.8 Å². The SMILES string of the molecule is Cc1ccc(CCCC(=O)NCCCCC[C@H](CNC(=O)CN2CCN(CC(=O)O)CCN(CC(=O)O)CCN(CC(=O)O)CC2)SC2CC(=O)N(CC(=O)N3CCN(CCCCOc4ccc5nccc(C(=O)NCC(=O)N6CC(F)(F)C[C@@H]6C#N)c5c4)CC3)C2=O)cc1. The van der Waals surface area contributed by atoms with E-state index >= 15 is 0 Å². The van der Waals surface area contributed by atoms with Crippen LogP contribution in [0.2, 0.25) is 0 Å². The molecule has 2 aromatic carbocycles. The van der Waals surface area contributed by atoms with Gasteiger partial charge in [-0.3, -0.25) is 82.3 Å². The fourth-order valence-corrected chi connectivity index (χ4v) is 13.3. The number of carboxylic acids is 3. The van der Waals surface area contributed by atoms with E-state index in [0.717, 1.165) is 35.5 Å². The van der Waals surface area contributed by atoms with Gasteiger partial charge in [0.25, 0.3) is 11.8 Å². The number of halogens is 2. The molecule has 0 aliphatic carbocycles. The van der Waals surface area contributed by atoms with Gasteiger partial charge >= 0.3 is 17.9 Å². The lowest BCUT2D eigenvalue weighted by molar-refractivity contribution is -0.146. The lowest BCUT2D eigenvalue weighted by Crippen LogP contribution is -2.52. The van der Waals surface area contributed by atoms with E-state index in [1.165, 1.54) is 35.2 Å². The van der Waals surface area contributed by atoms with E-state index in [1.54, 1.807) is 43.9 Å². The number of unbranched alkanes of at least 4 members (excludes halogenated alkanes) is 3. The summed E-state index contributed by atoms with van der Waals surface area (Å²) in [5.74, 6) is -9.06. The number of carbonyl (C=O) groups excluding carboxylic acids is 7. The van der Waals surface area contributed by atoms with E-state index in [4.69, 9.17) is 4.74 Å². The topological polar surface area (TPSA) is 339 Å². The molecule has 3 atom stereocenters. The molecule has 518 valence electrons. The monoisotopic (exact) mass is 1350 g/mol. The summed E-state index contributed by atoms with van der Waals surface area (Å²) in [6.45, 7) is 4.49. The summed E-state index contributed by atoms with van der Waals surface area (Å²) in [4.78, 5) is 146. The molecule has 0 bridgehead atoms. The van der Waals surface area contributed by atoms with Crippen molar-refractivity contribution in [2.75, 3.05) is 151 Å². The van der Waals surface area contributed by atoms with Gasteiger partial charge in [-0.05, 0) is 81.8 Å². The van der Waals surface area contributed by atoms with E-state index in [2.05, 4.69) is 50.1 Å². The second-order valence-corrected chi connectivity index (χ2v) is 26.1. The summed E-state index contributed by atoms with van der Waals surface area (Å²) in [5, 5.41) is 46.0. The number of likely N-dealkylation sites (tertiary alicyclic amines) is 2. The second kappa shape index (κ2) is 37.4. The van der Waals surface area contributed by atoms with Crippen LogP contribution in [0.15, 0.2) is 54.7 Å². The van der Waals surface area contributed by atoms with Gasteiger partial charge in [-0.2, -0.15) is 5.26 Å². The third-order valence-corrected chi connectivity index (χ3v) is 18.7. The molecule has 30 heteroatoms. The fourth-order valence-electron chi connectivity index (χ4n) is 11.9. The highest BCUT2D eigenvalue weighted by atomic mass is 32.2. The molecule has 27 nitrogen and oxygen atoms in total. The Morgan fingerprint density at radius 1 is 0.705 bits per heavy atom. The number of carboxylic acid groups (broad SMARTS) is 3. The lowest BCUT2D eigenvalue weighted by atomic mass is 10.1. The van der Waals surface area contributed by atoms with E-state index < -0.39 is 84.8 Å². The minimum absolute atomic E-state index is 0.0293. The molecule has 4 aliphatic heterocycles. The largest absolute Gasteiger partial charge is 0.494 e. The van der Waals surface area contributed by atoms with Crippen molar-refractivity contribution in [2.24, 2.45) is 0 Å². The summed E-state index contributed by atoms with van der Waals surface area (Å²) < 4.78 is 33.9. The van der Waals surface area contributed by atoms with Crippen molar-refractivity contribution < 1.29 is 76.8 Å². The molecule has 7 rings (SSSR count). The van der Waals surface area contributed by atoms with E-state index in [0.29, 0.717) is 94.6 Å². The van der Waals surface area contributed by atoms with E-state index in [9.17, 15) is 77.3 Å². The van der Waals surface area contributed by atoms with Gasteiger partial charge in [0, 0.05) is 128 Å². The lowest BCUT2D eigenvalue weighted by Gasteiger charge is -2.35. The number of alkyl halides is 2. The molecule has 95 heavy (non-hydrogen) atoms. The van der Waals surface area contributed by atoms with Gasteiger partial charge in [0.2, 0.25) is 35.4 Å². The van der Waals surface area contributed by atoms with Crippen LogP contribution in [0.1, 0.15) is 85.7 Å². The third-order valence-electron chi connectivity index (χ3n) is 17.2. The van der Waals surface area contributed by atoms with Crippen molar-refractivity contribution >= 4 is 81.9 Å². The zero-order valence-electron chi connectivity index (χ0n) is 53.9. The molecule has 0 saturated carbocycles. The standard InChI is InChI=1S/C65H89F2N13O14S/c1-46-11-13-47(14-12-46)8-7-10-55(81)70-18-4-2-3-9-50(38-71-56(82)40-74-21-23-75(42-60(86)87)25-27-77(44-62(90)91)28-26-76(24-22-74)43-61(88)89)95-54-35-57(83)79(64(54)93)41-59(85)78-31-29-73(30-32-78)20-5-6-33-94-49-15-16-53-52(34-49)51(17-19-69-53)63(92)72-39-58(84)80-45-65(66,67)36-48(80)37-68/h11-17,19,34,48,50,54H,2-10,18,20-33,35-36,38-45H2,1H3,(H,70,81)(H,71,82)(H,72,92)(H,86,87)(H,88,89)(H,90,91)/t48-,50-,54?/m1/s1. The van der Waals surface area contributed by atoms with Crippen LogP contribution in [-0.2, 0) is 49.6 Å². The molecular weight excluding hydrogens is 1260 g/mol. The van der Waals surface area contributed by atoms with Crippen molar-refractivity contribution in [3.63, 3.8) is 0 Å². The van der Waals surface area contributed by atoms with Crippen LogP contribution in [0.5, 0.6) is 5.75 Å². The number of aliphatic carboxylic acids is 3. The van der Waals surface area contributed by atoms with Crippen LogP contribution in [0.25, 0.3) is 10.9 Å². The number of amides is 7. The predicted molar refractivity (Wildman–Crippen MR) is 346 cm³/mol. The number of nitriles is 1. The predicted octanol–water partition coefficient (Wildman–Crippen LogP) is 1.86. The van der Waals surface area contributed by atoms with E-state index in [-0.39, 0.29) is 120 Å². The zero-order chi connectivity index (χ0) is 68.4. The molecular formula is C65H89F2N13O14S. The summed E-state index contributed by atoms with van der Waals surface area (Å²) >= 11 is 1.28. The maximum Gasteiger partial charge on any atom is 0.317 e. The molecule has 0 radical (unpaired) electrons. The normalized spacial score (nSPS) is 19.2. The first-order chi connectivity index (χ1) is 45.5. The number of pyridine rings is 1. The number of hydrogen-bond donors (Lipinski definition) is 6. The third kappa shape index (κ3) is 25.0. The summed E-state index contributed by atoms with van der Waals surface area (Å²) in [5.41, 5.74) is 3.03.